The van der Waals surface area contributed by atoms with Crippen LogP contribution in [0.1, 0.15) is 1.43 Å². The molecule has 0 fully saturated rings. The molecule has 0 aromatic carbocycles. The molecule has 0 aliphatic heterocycles. The van der Waals surface area contributed by atoms with E-state index in [9.17, 15) is 0 Å². The summed E-state index contributed by atoms with van der Waals surface area (Å²) in [5.74, 6) is 0. The molecule has 0 saturated carbocycles. The molecule has 0 radical (unpaired) electrons. The van der Waals surface area contributed by atoms with Crippen LogP contribution in [-0.4, -0.2) is 32.9 Å². The van der Waals surface area contributed by atoms with E-state index in [1.165, 1.54) is 0 Å². The second kappa shape index (κ2) is 141. The van der Waals surface area contributed by atoms with Gasteiger partial charge in [-0.05, 0) is 0 Å². The van der Waals surface area contributed by atoms with Gasteiger partial charge in [0.05, 0.1) is 0 Å². The zero-order chi connectivity index (χ0) is 0. The summed E-state index contributed by atoms with van der Waals surface area (Å²) in [4.78, 5) is 0. The Morgan fingerprint density at radius 2 is 0.500 bits per heavy atom. The van der Waals surface area contributed by atoms with Crippen LogP contribution < -0.4 is 51.4 Å². The first-order valence-corrected chi connectivity index (χ1v) is 0. The second-order valence-electron chi connectivity index (χ2n) is 0. The normalized spacial score (nSPS) is 0. The van der Waals surface area contributed by atoms with E-state index in [2.05, 4.69) is 0 Å². The number of hydrogen-bond acceptors (Lipinski definition) is 0. The van der Waals surface area contributed by atoms with Gasteiger partial charge in [-0.2, -0.15) is 0 Å². The Kier molecular flexibility index (Phi) is 3490. The Morgan fingerprint density at radius 1 is 0.500 bits per heavy atom. The quantitative estimate of drug-likeness (QED) is 0.379. The largest absolute Gasteiger partial charge is 1.00 e. The van der Waals surface area contributed by atoms with E-state index in [1.807, 2.05) is 0 Å². The minimum Gasteiger partial charge on any atom is -1.00 e. The number of rotatable bonds is 0. The van der Waals surface area contributed by atoms with Gasteiger partial charge in [0, 0.05) is 19.8 Å². The molecule has 6 nitrogen and oxygen atoms in total. The standard InChI is InChI=1S/K.6H2O.Os.H/h;6*1H2;;/q+1;;;;;;;;-1. The van der Waals surface area contributed by atoms with Gasteiger partial charge in [0.1, 0.15) is 0 Å². The summed E-state index contributed by atoms with van der Waals surface area (Å²) in [7, 11) is 0. The fourth-order valence-corrected chi connectivity index (χ4v) is 0. The fraction of sp³-hybridized carbons (Fsp3) is 0. The van der Waals surface area contributed by atoms with E-state index in [0.717, 1.165) is 0 Å². The van der Waals surface area contributed by atoms with E-state index in [-0.39, 0.29) is 105 Å². The summed E-state index contributed by atoms with van der Waals surface area (Å²) >= 11 is 0. The van der Waals surface area contributed by atoms with Crippen LogP contribution in [0.4, 0.5) is 0 Å². The van der Waals surface area contributed by atoms with Crippen LogP contribution in [0, 0.1) is 0 Å². The van der Waals surface area contributed by atoms with Crippen LogP contribution in [0.3, 0.4) is 0 Å². The van der Waals surface area contributed by atoms with Gasteiger partial charge in [0.2, 0.25) is 0 Å². The summed E-state index contributed by atoms with van der Waals surface area (Å²) in [5, 5.41) is 0. The average Bonchev–Trinajstić information content (AvgIpc) is 0. The predicted molar refractivity (Wildman–Crippen MR) is 22.8 cm³/mol. The van der Waals surface area contributed by atoms with Crippen molar-refractivity contribution in [3.8, 4) is 0 Å². The van der Waals surface area contributed by atoms with E-state index in [0.29, 0.717) is 0 Å². The van der Waals surface area contributed by atoms with Crippen molar-refractivity contribution >= 4 is 0 Å². The molecule has 0 rings (SSSR count). The number of hydrogen-bond donors (Lipinski definition) is 0. The van der Waals surface area contributed by atoms with Crippen LogP contribution in [0.5, 0.6) is 0 Å². The first-order valence-electron chi connectivity index (χ1n) is 0. The summed E-state index contributed by atoms with van der Waals surface area (Å²) < 4.78 is 0. The van der Waals surface area contributed by atoms with Crippen molar-refractivity contribution < 1.29 is 105 Å². The second-order valence-corrected chi connectivity index (χ2v) is 0. The van der Waals surface area contributed by atoms with Crippen molar-refractivity contribution in [3.63, 3.8) is 0 Å². The van der Waals surface area contributed by atoms with Gasteiger partial charge >= 0.3 is 51.4 Å². The summed E-state index contributed by atoms with van der Waals surface area (Å²) in [6.07, 6.45) is 0. The van der Waals surface area contributed by atoms with Gasteiger partial charge < -0.3 is 34.3 Å². The molecule has 0 aromatic rings. The molecule has 0 atom stereocenters. The van der Waals surface area contributed by atoms with Crippen molar-refractivity contribution in [1.29, 1.82) is 0 Å². The molecule has 58 valence electrons. The topological polar surface area (TPSA) is 189 Å². The summed E-state index contributed by atoms with van der Waals surface area (Å²) in [6.45, 7) is 0. The van der Waals surface area contributed by atoms with Crippen LogP contribution in [0.2, 0.25) is 0 Å². The molecule has 0 bridgehead atoms. The zero-order valence-electron chi connectivity index (χ0n) is 5.35. The monoisotopic (exact) mass is 340 g/mol. The Hall–Kier alpha value is 2.03. The molecule has 0 aliphatic rings. The van der Waals surface area contributed by atoms with E-state index in [4.69, 9.17) is 0 Å². The molecule has 0 aromatic heterocycles. The van der Waals surface area contributed by atoms with Crippen LogP contribution in [0.25, 0.3) is 0 Å². The summed E-state index contributed by atoms with van der Waals surface area (Å²) in [5.41, 5.74) is 0. The smallest absolute Gasteiger partial charge is 1.00 e. The molecule has 8 heavy (non-hydrogen) atoms. The Labute approximate surface area is 104 Å². The SMILES string of the molecule is O.O.O.O.O.O.[H-].[K+].[Os]. The first-order chi connectivity index (χ1) is 0. The minimum atomic E-state index is 0. The molecular weight excluding hydrogens is 325 g/mol. The Bertz CT molecular complexity index is 13.0. The van der Waals surface area contributed by atoms with Crippen molar-refractivity contribution in [2.24, 2.45) is 0 Å². The molecule has 0 aliphatic carbocycles. The molecular formula is H13KO6Os. The zero-order valence-corrected chi connectivity index (χ0v) is 10.0. The minimum absolute atomic E-state index is 0. The molecule has 0 saturated heterocycles. The molecule has 0 unspecified atom stereocenters. The van der Waals surface area contributed by atoms with Crippen molar-refractivity contribution in [1.82, 2.24) is 0 Å². The van der Waals surface area contributed by atoms with Gasteiger partial charge in [0.25, 0.3) is 0 Å². The van der Waals surface area contributed by atoms with Gasteiger partial charge in [-0.25, -0.2) is 0 Å². The van der Waals surface area contributed by atoms with Crippen molar-refractivity contribution in [2.75, 3.05) is 0 Å². The third-order valence-electron chi connectivity index (χ3n) is 0. The fourth-order valence-electron chi connectivity index (χ4n) is 0. The maximum Gasteiger partial charge on any atom is 1.00 e. The van der Waals surface area contributed by atoms with Gasteiger partial charge in [-0.3, -0.25) is 0 Å². The van der Waals surface area contributed by atoms with Crippen molar-refractivity contribution in [2.45, 2.75) is 0 Å². The molecule has 0 heterocycles. The first kappa shape index (κ1) is 198. The maximum absolute atomic E-state index is 0. The van der Waals surface area contributed by atoms with Crippen LogP contribution >= 0.6 is 0 Å². The van der Waals surface area contributed by atoms with Crippen molar-refractivity contribution in [3.05, 3.63) is 0 Å². The van der Waals surface area contributed by atoms with E-state index < -0.39 is 0 Å². The molecule has 12 N–H and O–H groups in total. The predicted octanol–water partition coefficient (Wildman–Crippen LogP) is -7.83. The maximum atomic E-state index is 0. The van der Waals surface area contributed by atoms with Gasteiger partial charge in [-0.1, -0.05) is 0 Å². The Balaban J connectivity index is 0. The molecule has 0 spiro atoms. The Morgan fingerprint density at radius 3 is 0.500 bits per heavy atom. The third kappa shape index (κ3) is 96.2. The average molecular weight is 338 g/mol. The summed E-state index contributed by atoms with van der Waals surface area (Å²) in [6, 6.07) is 0. The van der Waals surface area contributed by atoms with E-state index in [1.54, 1.807) is 0 Å². The van der Waals surface area contributed by atoms with Crippen LogP contribution in [-0.2, 0) is 19.8 Å². The molecule has 8 heteroatoms. The van der Waals surface area contributed by atoms with Crippen LogP contribution in [0.15, 0.2) is 0 Å². The van der Waals surface area contributed by atoms with Gasteiger partial charge in [-0.15, -0.1) is 0 Å². The van der Waals surface area contributed by atoms with Gasteiger partial charge in [0.15, 0.2) is 0 Å². The molecule has 0 amide bonds. The van der Waals surface area contributed by atoms with E-state index >= 15 is 0 Å². The third-order valence-corrected chi connectivity index (χ3v) is 0.